The third kappa shape index (κ3) is 9.05. The van der Waals surface area contributed by atoms with Crippen LogP contribution in [0.5, 0.6) is 11.5 Å². The van der Waals surface area contributed by atoms with Crippen LogP contribution in [0.15, 0.2) is 36.4 Å². The number of nitrogens with zero attached hydrogens (tertiary/aromatic N) is 2. The molecule has 0 bridgehead atoms. The van der Waals surface area contributed by atoms with Gasteiger partial charge in [0.05, 0.1) is 19.2 Å². The SMILES string of the molecule is COc1ccc2c(O[C@@H]3C[C@H]4C(=O)N[C@]5(C(=O)NS(=O)(=O)C6(CF)CC6)C[C@H]5/C=C\CC[C@@H](C)C[C@@H](C)[C@H](NC(=O)OC(C)(C)C(F)(F)F)C(=O)N4C3)cc(Cl)nc2c1. The van der Waals surface area contributed by atoms with Crippen molar-refractivity contribution in [1.29, 1.82) is 0 Å². The van der Waals surface area contributed by atoms with Crippen molar-refractivity contribution in [2.75, 3.05) is 20.3 Å². The number of carbonyl (C=O) groups excluding carboxylic acids is 4. The zero-order valence-electron chi connectivity index (χ0n) is 33.2. The summed E-state index contributed by atoms with van der Waals surface area (Å²) in [4.78, 5) is 61.7. The summed E-state index contributed by atoms with van der Waals surface area (Å²) in [5, 5.41) is 5.63. The van der Waals surface area contributed by atoms with Crippen LogP contribution in [-0.2, 0) is 29.1 Å². The molecule has 1 aromatic heterocycles. The van der Waals surface area contributed by atoms with Crippen molar-refractivity contribution >= 4 is 56.3 Å². The van der Waals surface area contributed by atoms with E-state index in [9.17, 15) is 45.2 Å². The van der Waals surface area contributed by atoms with Gasteiger partial charge in [0.25, 0.3) is 5.91 Å². The van der Waals surface area contributed by atoms with Crippen LogP contribution in [0.1, 0.15) is 72.6 Å². The highest BCUT2D eigenvalue weighted by molar-refractivity contribution is 7.91. The zero-order chi connectivity index (χ0) is 43.3. The molecule has 3 N–H and O–H groups in total. The number of nitrogens with one attached hydrogen (secondary N) is 3. The second kappa shape index (κ2) is 16.2. The first-order chi connectivity index (χ1) is 27.5. The largest absolute Gasteiger partial charge is 0.497 e. The lowest BCUT2D eigenvalue weighted by Gasteiger charge is -2.34. The summed E-state index contributed by atoms with van der Waals surface area (Å²) in [5.41, 5.74) is -4.28. The molecule has 324 valence electrons. The number of pyridine rings is 1. The second-order valence-electron chi connectivity index (χ2n) is 16.7. The Morgan fingerprint density at radius 3 is 2.47 bits per heavy atom. The minimum atomic E-state index is -4.94. The molecular formula is C39H48ClF4N5O9S. The van der Waals surface area contributed by atoms with Crippen molar-refractivity contribution in [2.24, 2.45) is 17.8 Å². The number of hydrogen-bond donors (Lipinski definition) is 3. The monoisotopic (exact) mass is 873 g/mol. The van der Waals surface area contributed by atoms with Gasteiger partial charge in [-0.15, -0.1) is 0 Å². The van der Waals surface area contributed by atoms with Gasteiger partial charge in [-0.2, -0.15) is 13.2 Å². The van der Waals surface area contributed by atoms with Gasteiger partial charge in [0, 0.05) is 29.9 Å². The van der Waals surface area contributed by atoms with Crippen LogP contribution in [0.3, 0.4) is 0 Å². The Hall–Kier alpha value is -4.39. The van der Waals surface area contributed by atoms with Crippen LogP contribution in [0.4, 0.5) is 22.4 Å². The summed E-state index contributed by atoms with van der Waals surface area (Å²) < 4.78 is 98.2. The van der Waals surface area contributed by atoms with E-state index in [-0.39, 0.29) is 49.0 Å². The standard InChI is InChI=1S/C39H48ClF4N5O9S/c1-21-8-6-7-9-23-18-38(23,34(52)48-59(54,55)37(20-41)12-13-37)47-32(50)28-16-25(57-29-17-30(40)45-27-15-24(56-5)10-11-26(27)29)19-49(28)33(51)31(22(2)14-21)46-35(53)58-36(3,4)39(42,43)44/h7,9-11,15,17,21-23,25,28,31H,6,8,12-14,16,18-20H2,1-5H3,(H,46,53)(H,47,50)(H,48,52)/b9-7-/t21-,22-,23-,25-,28+,31+,38-/m1/s1. The van der Waals surface area contributed by atoms with Crippen molar-refractivity contribution in [3.8, 4) is 11.5 Å². The summed E-state index contributed by atoms with van der Waals surface area (Å²) in [5.74, 6) is -3.44. The van der Waals surface area contributed by atoms with Crippen LogP contribution in [-0.4, -0.2) is 103 Å². The number of methoxy groups -OCH3 is 1. The second-order valence-corrected chi connectivity index (χ2v) is 19.1. The lowest BCUT2D eigenvalue weighted by Crippen LogP contribution is -2.60. The number of benzene rings is 1. The maximum absolute atomic E-state index is 14.8. The van der Waals surface area contributed by atoms with Gasteiger partial charge in [-0.25, -0.2) is 22.6 Å². The first kappa shape index (κ1) is 44.2. The van der Waals surface area contributed by atoms with Crippen molar-refractivity contribution in [2.45, 2.75) is 113 Å². The van der Waals surface area contributed by atoms with E-state index in [0.717, 1.165) is 4.90 Å². The van der Waals surface area contributed by atoms with Crippen molar-refractivity contribution < 1.29 is 59.4 Å². The van der Waals surface area contributed by atoms with Crippen LogP contribution >= 0.6 is 11.6 Å². The zero-order valence-corrected chi connectivity index (χ0v) is 34.7. The molecule has 0 radical (unpaired) electrons. The lowest BCUT2D eigenvalue weighted by atomic mass is 9.88. The topological polar surface area (TPSA) is 182 Å². The fraction of sp³-hybridized carbons (Fsp3) is 0.615. The number of rotatable bonds is 9. The molecule has 2 aliphatic carbocycles. The van der Waals surface area contributed by atoms with Gasteiger partial charge in [0.2, 0.25) is 27.4 Å². The molecule has 59 heavy (non-hydrogen) atoms. The molecule has 0 unspecified atom stereocenters. The molecule has 1 aromatic carbocycles. The molecule has 7 atom stereocenters. The van der Waals surface area contributed by atoms with Gasteiger partial charge in [-0.05, 0) is 76.3 Å². The molecular weight excluding hydrogens is 826 g/mol. The first-order valence-corrected chi connectivity index (χ1v) is 21.2. The summed E-state index contributed by atoms with van der Waals surface area (Å²) in [6.45, 7) is 3.43. The lowest BCUT2D eigenvalue weighted by molar-refractivity contribution is -0.244. The van der Waals surface area contributed by atoms with E-state index >= 15 is 0 Å². The third-order valence-electron chi connectivity index (χ3n) is 11.8. The molecule has 2 aliphatic heterocycles. The molecule has 2 saturated carbocycles. The maximum atomic E-state index is 14.8. The molecule has 1 saturated heterocycles. The number of sulfonamides is 1. The van der Waals surface area contributed by atoms with Crippen molar-refractivity contribution in [1.82, 2.24) is 25.2 Å². The number of ether oxygens (including phenoxy) is 3. The molecule has 0 spiro atoms. The number of allylic oxidation sites excluding steroid dienone is 1. The Balaban J connectivity index is 1.36. The van der Waals surface area contributed by atoms with Crippen molar-refractivity contribution in [3.05, 3.63) is 41.6 Å². The molecule has 3 fully saturated rings. The van der Waals surface area contributed by atoms with E-state index in [1.54, 1.807) is 37.3 Å². The van der Waals surface area contributed by atoms with E-state index in [2.05, 4.69) is 15.6 Å². The molecule has 14 nitrogen and oxygen atoms in total. The number of carbonyl (C=O) groups is 4. The smallest absolute Gasteiger partial charge is 0.427 e. The Kier molecular flexibility index (Phi) is 12.2. The fourth-order valence-corrected chi connectivity index (χ4v) is 9.36. The minimum absolute atomic E-state index is 0.00236. The van der Waals surface area contributed by atoms with E-state index in [0.29, 0.717) is 49.8 Å². The van der Waals surface area contributed by atoms with Gasteiger partial charge >= 0.3 is 12.3 Å². The number of amides is 4. The number of hydrogen-bond acceptors (Lipinski definition) is 10. The van der Waals surface area contributed by atoms with Gasteiger partial charge in [-0.3, -0.25) is 19.1 Å². The predicted octanol–water partition coefficient (Wildman–Crippen LogP) is 5.52. The van der Waals surface area contributed by atoms with Crippen LogP contribution in [0.25, 0.3) is 10.9 Å². The van der Waals surface area contributed by atoms with E-state index in [1.807, 2.05) is 11.6 Å². The maximum Gasteiger partial charge on any atom is 0.427 e. The minimum Gasteiger partial charge on any atom is -0.497 e. The summed E-state index contributed by atoms with van der Waals surface area (Å²) in [6.07, 6.45) is -2.62. The molecule has 4 aliphatic rings. The van der Waals surface area contributed by atoms with Crippen LogP contribution in [0.2, 0.25) is 5.15 Å². The number of alkyl carbamates (subject to hydrolysis) is 1. The molecule has 3 heterocycles. The number of alkyl halides is 4. The van der Waals surface area contributed by atoms with Crippen LogP contribution in [0, 0.1) is 17.8 Å². The van der Waals surface area contributed by atoms with E-state index in [1.165, 1.54) is 13.2 Å². The van der Waals surface area contributed by atoms with Gasteiger partial charge in [-0.1, -0.05) is 37.6 Å². The third-order valence-corrected chi connectivity index (χ3v) is 14.1. The Labute approximate surface area is 344 Å². The average molecular weight is 874 g/mol. The summed E-state index contributed by atoms with van der Waals surface area (Å²) in [6, 6.07) is 3.55. The Morgan fingerprint density at radius 1 is 1.12 bits per heavy atom. The highest BCUT2D eigenvalue weighted by Crippen LogP contribution is 2.48. The normalized spacial score (nSPS) is 29.2. The summed E-state index contributed by atoms with van der Waals surface area (Å²) in [7, 11) is -3.00. The highest BCUT2D eigenvalue weighted by atomic mass is 35.5. The van der Waals surface area contributed by atoms with Crippen molar-refractivity contribution in [3.63, 3.8) is 0 Å². The fourth-order valence-electron chi connectivity index (χ4n) is 7.75. The molecule has 2 aromatic rings. The average Bonchev–Trinajstić information content (AvgIpc) is 4.05. The highest BCUT2D eigenvalue weighted by Gasteiger charge is 2.64. The number of fused-ring (bicyclic) bond motifs is 3. The van der Waals surface area contributed by atoms with E-state index in [4.69, 9.17) is 25.8 Å². The molecule has 6 rings (SSSR count). The Bertz CT molecular complexity index is 2140. The van der Waals surface area contributed by atoms with Gasteiger partial charge in [0.15, 0.2) is 0 Å². The van der Waals surface area contributed by atoms with Gasteiger partial charge in [0.1, 0.15) is 51.8 Å². The quantitative estimate of drug-likeness (QED) is 0.165. The predicted molar refractivity (Wildman–Crippen MR) is 207 cm³/mol. The summed E-state index contributed by atoms with van der Waals surface area (Å²) >= 11 is 6.35. The first-order valence-electron chi connectivity index (χ1n) is 19.3. The Morgan fingerprint density at radius 2 is 1.83 bits per heavy atom. The van der Waals surface area contributed by atoms with Crippen LogP contribution < -0.4 is 24.8 Å². The molecule has 20 heteroatoms. The number of aromatic nitrogens is 1. The number of halogens is 5. The van der Waals surface area contributed by atoms with Gasteiger partial charge < -0.3 is 29.7 Å². The molecule has 4 amide bonds. The van der Waals surface area contributed by atoms with E-state index < -0.39 is 92.6 Å².